The van der Waals surface area contributed by atoms with Gasteiger partial charge in [-0.3, -0.25) is 9.48 Å². The summed E-state index contributed by atoms with van der Waals surface area (Å²) in [4.78, 5) is 13.8. The van der Waals surface area contributed by atoms with E-state index >= 15 is 0 Å². The SMILES string of the molecule is Cc1nn(C)c(N2CC3CNCC3C2)c1C(N)=O. The van der Waals surface area contributed by atoms with Crippen LogP contribution in [-0.4, -0.2) is 41.9 Å². The molecule has 0 bridgehead atoms. The van der Waals surface area contributed by atoms with Gasteiger partial charge in [0.05, 0.1) is 5.69 Å². The van der Waals surface area contributed by atoms with E-state index in [1.807, 2.05) is 14.0 Å². The van der Waals surface area contributed by atoms with Gasteiger partial charge in [-0.15, -0.1) is 0 Å². The van der Waals surface area contributed by atoms with Crippen molar-refractivity contribution >= 4 is 11.7 Å². The average molecular weight is 249 g/mol. The lowest BCUT2D eigenvalue weighted by Crippen LogP contribution is -2.29. The Balaban J connectivity index is 1.95. The molecule has 98 valence electrons. The van der Waals surface area contributed by atoms with E-state index in [-0.39, 0.29) is 5.91 Å². The predicted octanol–water partition coefficient (Wildman–Crippen LogP) is -0.517. The molecular formula is C12H19N5O. The number of carbonyl (C=O) groups is 1. The van der Waals surface area contributed by atoms with Crippen molar-refractivity contribution in [1.82, 2.24) is 15.1 Å². The van der Waals surface area contributed by atoms with Gasteiger partial charge in [-0.05, 0) is 18.8 Å². The maximum Gasteiger partial charge on any atom is 0.254 e. The number of aryl methyl sites for hydroxylation is 2. The largest absolute Gasteiger partial charge is 0.365 e. The molecule has 2 aliphatic heterocycles. The van der Waals surface area contributed by atoms with E-state index in [2.05, 4.69) is 15.3 Å². The van der Waals surface area contributed by atoms with E-state index in [0.717, 1.165) is 37.7 Å². The molecule has 18 heavy (non-hydrogen) atoms. The molecule has 2 fully saturated rings. The summed E-state index contributed by atoms with van der Waals surface area (Å²) in [5, 5.41) is 7.74. The van der Waals surface area contributed by atoms with Gasteiger partial charge in [0, 0.05) is 33.2 Å². The third-order valence-electron chi connectivity index (χ3n) is 4.13. The number of rotatable bonds is 2. The summed E-state index contributed by atoms with van der Waals surface area (Å²) in [6, 6.07) is 0. The van der Waals surface area contributed by atoms with Crippen LogP contribution in [0.5, 0.6) is 0 Å². The molecule has 3 rings (SSSR count). The van der Waals surface area contributed by atoms with Crippen LogP contribution in [-0.2, 0) is 7.05 Å². The van der Waals surface area contributed by atoms with Crippen LogP contribution in [0.25, 0.3) is 0 Å². The Kier molecular flexibility index (Phi) is 2.55. The molecule has 0 radical (unpaired) electrons. The Labute approximate surface area is 106 Å². The van der Waals surface area contributed by atoms with E-state index in [1.165, 1.54) is 0 Å². The monoisotopic (exact) mass is 249 g/mol. The van der Waals surface area contributed by atoms with Crippen LogP contribution in [0.15, 0.2) is 0 Å². The minimum atomic E-state index is -0.384. The highest BCUT2D eigenvalue weighted by Gasteiger charge is 2.38. The minimum absolute atomic E-state index is 0.384. The van der Waals surface area contributed by atoms with Crippen LogP contribution >= 0.6 is 0 Å². The Morgan fingerprint density at radius 2 is 2.00 bits per heavy atom. The molecule has 6 nitrogen and oxygen atoms in total. The third-order valence-corrected chi connectivity index (χ3v) is 4.13. The molecule has 3 heterocycles. The van der Waals surface area contributed by atoms with Crippen LogP contribution in [0.4, 0.5) is 5.82 Å². The predicted molar refractivity (Wildman–Crippen MR) is 68.5 cm³/mol. The summed E-state index contributed by atoms with van der Waals surface area (Å²) < 4.78 is 1.78. The van der Waals surface area contributed by atoms with Crippen molar-refractivity contribution < 1.29 is 4.79 Å². The lowest BCUT2D eigenvalue weighted by atomic mass is 10.0. The van der Waals surface area contributed by atoms with Gasteiger partial charge in [-0.1, -0.05) is 0 Å². The number of carbonyl (C=O) groups excluding carboxylic acids is 1. The number of aromatic nitrogens is 2. The van der Waals surface area contributed by atoms with Crippen molar-refractivity contribution in [3.8, 4) is 0 Å². The lowest BCUT2D eigenvalue weighted by Gasteiger charge is -2.20. The van der Waals surface area contributed by atoms with Gasteiger partial charge in [0.2, 0.25) is 0 Å². The number of nitrogens with one attached hydrogen (secondary N) is 1. The number of hydrogen-bond donors (Lipinski definition) is 2. The van der Waals surface area contributed by atoms with Crippen molar-refractivity contribution in [2.24, 2.45) is 24.6 Å². The first-order valence-electron chi connectivity index (χ1n) is 6.37. The van der Waals surface area contributed by atoms with E-state index in [1.54, 1.807) is 4.68 Å². The fraction of sp³-hybridized carbons (Fsp3) is 0.667. The number of nitrogens with two attached hydrogens (primary N) is 1. The molecule has 0 aliphatic carbocycles. The van der Waals surface area contributed by atoms with Gasteiger partial charge in [0.1, 0.15) is 11.4 Å². The van der Waals surface area contributed by atoms with Crippen molar-refractivity contribution in [3.05, 3.63) is 11.3 Å². The third kappa shape index (κ3) is 1.59. The summed E-state index contributed by atoms with van der Waals surface area (Å²) in [6.45, 7) is 5.95. The van der Waals surface area contributed by atoms with Gasteiger partial charge in [0.25, 0.3) is 5.91 Å². The molecule has 2 unspecified atom stereocenters. The fourth-order valence-corrected chi connectivity index (χ4v) is 3.33. The van der Waals surface area contributed by atoms with E-state index in [9.17, 15) is 4.79 Å². The van der Waals surface area contributed by atoms with Gasteiger partial charge in [-0.2, -0.15) is 5.10 Å². The lowest BCUT2D eigenvalue weighted by molar-refractivity contribution is 0.1000. The first-order valence-corrected chi connectivity index (χ1v) is 6.37. The zero-order valence-electron chi connectivity index (χ0n) is 10.8. The number of primary amides is 1. The Bertz CT molecular complexity index is 483. The second-order valence-corrected chi connectivity index (χ2v) is 5.36. The zero-order valence-corrected chi connectivity index (χ0v) is 10.8. The van der Waals surface area contributed by atoms with Crippen molar-refractivity contribution in [2.45, 2.75) is 6.92 Å². The number of nitrogens with zero attached hydrogens (tertiary/aromatic N) is 3. The Morgan fingerprint density at radius 1 is 1.39 bits per heavy atom. The average Bonchev–Trinajstić information content (AvgIpc) is 2.89. The fourth-order valence-electron chi connectivity index (χ4n) is 3.33. The zero-order chi connectivity index (χ0) is 12.9. The van der Waals surface area contributed by atoms with Crippen molar-refractivity contribution in [1.29, 1.82) is 0 Å². The highest BCUT2D eigenvalue weighted by molar-refractivity contribution is 5.99. The summed E-state index contributed by atoms with van der Waals surface area (Å²) in [7, 11) is 1.88. The highest BCUT2D eigenvalue weighted by Crippen LogP contribution is 2.32. The van der Waals surface area contributed by atoms with Crippen LogP contribution in [0.1, 0.15) is 16.1 Å². The first kappa shape index (κ1) is 11.5. The van der Waals surface area contributed by atoms with E-state index < -0.39 is 0 Å². The second kappa shape index (κ2) is 3.98. The molecule has 2 atom stereocenters. The maximum atomic E-state index is 11.6. The standard InChI is InChI=1S/C12H19N5O/c1-7-10(11(13)18)12(16(2)15-7)17-5-8-3-14-4-9(8)6-17/h8-9,14H,3-6H2,1-2H3,(H2,13,18). The number of hydrogen-bond acceptors (Lipinski definition) is 4. The molecular weight excluding hydrogens is 230 g/mol. The molecule has 1 amide bonds. The number of amides is 1. The molecule has 1 aromatic rings. The second-order valence-electron chi connectivity index (χ2n) is 5.36. The minimum Gasteiger partial charge on any atom is -0.365 e. The molecule has 6 heteroatoms. The van der Waals surface area contributed by atoms with Crippen molar-refractivity contribution in [3.63, 3.8) is 0 Å². The molecule has 2 aliphatic rings. The maximum absolute atomic E-state index is 11.6. The quantitative estimate of drug-likeness (QED) is 0.739. The van der Waals surface area contributed by atoms with Crippen LogP contribution in [0, 0.1) is 18.8 Å². The van der Waals surface area contributed by atoms with Crippen LogP contribution < -0.4 is 16.0 Å². The Hall–Kier alpha value is -1.56. The number of fused-ring (bicyclic) bond motifs is 1. The van der Waals surface area contributed by atoms with Gasteiger partial charge >= 0.3 is 0 Å². The first-order chi connectivity index (χ1) is 8.58. The van der Waals surface area contributed by atoms with Crippen LogP contribution in [0.3, 0.4) is 0 Å². The van der Waals surface area contributed by atoms with E-state index in [4.69, 9.17) is 5.73 Å². The normalized spacial score (nSPS) is 26.7. The van der Waals surface area contributed by atoms with Gasteiger partial charge < -0.3 is 16.0 Å². The summed E-state index contributed by atoms with van der Waals surface area (Å²) in [5.41, 5.74) is 6.77. The highest BCUT2D eigenvalue weighted by atomic mass is 16.1. The summed E-state index contributed by atoms with van der Waals surface area (Å²) in [6.07, 6.45) is 0. The molecule has 3 N–H and O–H groups in total. The van der Waals surface area contributed by atoms with Gasteiger partial charge in [-0.25, -0.2) is 0 Å². The van der Waals surface area contributed by atoms with E-state index in [0.29, 0.717) is 17.4 Å². The molecule has 2 saturated heterocycles. The van der Waals surface area contributed by atoms with Gasteiger partial charge in [0.15, 0.2) is 0 Å². The smallest absolute Gasteiger partial charge is 0.254 e. The van der Waals surface area contributed by atoms with Crippen LogP contribution in [0.2, 0.25) is 0 Å². The molecule has 1 aromatic heterocycles. The molecule has 0 saturated carbocycles. The van der Waals surface area contributed by atoms with Crippen molar-refractivity contribution in [2.75, 3.05) is 31.1 Å². The topological polar surface area (TPSA) is 76.2 Å². The molecule has 0 spiro atoms. The molecule has 0 aromatic carbocycles. The Morgan fingerprint density at radius 3 is 2.56 bits per heavy atom. The summed E-state index contributed by atoms with van der Waals surface area (Å²) >= 11 is 0. The number of anilines is 1. The summed E-state index contributed by atoms with van der Waals surface area (Å²) in [5.74, 6) is 1.86.